The van der Waals surface area contributed by atoms with E-state index in [1.54, 1.807) is 6.92 Å². The topological polar surface area (TPSA) is 118 Å². The van der Waals surface area contributed by atoms with Gasteiger partial charge in [0.2, 0.25) is 11.8 Å². The number of halogens is 1. The van der Waals surface area contributed by atoms with Gasteiger partial charge in [-0.1, -0.05) is 77.4 Å². The summed E-state index contributed by atoms with van der Waals surface area (Å²) in [7, 11) is 0. The van der Waals surface area contributed by atoms with E-state index < -0.39 is 30.0 Å². The molecule has 3 amide bonds. The normalized spacial score (nSPS) is 16.4. The molecule has 3 atom stereocenters. The summed E-state index contributed by atoms with van der Waals surface area (Å²) in [5, 5.41) is 11.9. The predicted molar refractivity (Wildman–Crippen MR) is 127 cm³/mol. The molecule has 10 heteroatoms. The fraction of sp³-hybridized carbons (Fsp3) is 0.333. The summed E-state index contributed by atoms with van der Waals surface area (Å²) in [5.74, 6) is -0.906. The maximum Gasteiger partial charge on any atom is 0.408 e. The molecule has 34 heavy (non-hydrogen) atoms. The van der Waals surface area contributed by atoms with Crippen molar-refractivity contribution in [3.63, 3.8) is 0 Å². The molecule has 2 aromatic carbocycles. The lowest BCUT2D eigenvalue weighted by Crippen LogP contribution is -2.54. The van der Waals surface area contributed by atoms with E-state index in [4.69, 9.17) is 21.2 Å². The number of amides is 3. The number of nitrogens with zero attached hydrogens (tertiary/aromatic N) is 1. The van der Waals surface area contributed by atoms with E-state index in [9.17, 15) is 14.4 Å². The Morgan fingerprint density at radius 2 is 1.68 bits per heavy atom. The van der Waals surface area contributed by atoms with E-state index in [0.29, 0.717) is 11.6 Å². The second-order valence-corrected chi connectivity index (χ2v) is 8.26. The molecule has 0 aromatic heterocycles. The number of hydrogen-bond acceptors (Lipinski definition) is 6. The van der Waals surface area contributed by atoms with Crippen molar-refractivity contribution in [2.45, 2.75) is 44.6 Å². The number of ether oxygens (including phenoxy) is 1. The molecule has 0 bridgehead atoms. The maximum atomic E-state index is 13.0. The van der Waals surface area contributed by atoms with Crippen molar-refractivity contribution in [2.24, 2.45) is 5.16 Å². The van der Waals surface area contributed by atoms with Crippen LogP contribution < -0.4 is 16.0 Å². The van der Waals surface area contributed by atoms with E-state index in [2.05, 4.69) is 21.1 Å². The van der Waals surface area contributed by atoms with Crippen molar-refractivity contribution in [3.05, 3.63) is 71.8 Å². The van der Waals surface area contributed by atoms with Crippen molar-refractivity contribution >= 4 is 34.7 Å². The fourth-order valence-electron chi connectivity index (χ4n) is 3.22. The van der Waals surface area contributed by atoms with Crippen molar-refractivity contribution < 1.29 is 24.0 Å². The van der Waals surface area contributed by atoms with E-state index in [0.717, 1.165) is 11.1 Å². The standard InChI is InChI=1S/C24H27ClN4O5/c1-16(22(30)26-14-19-13-21(25)29-34-19)27-23(31)20(12-17-8-4-2-5-9-17)28-24(32)33-15-18-10-6-3-7-11-18/h2-11,16,19-20H,12-15H2,1H3,(H,26,30)(H,27,31)(H,28,32)/t16-,19?,20-/m0/s1. The van der Waals surface area contributed by atoms with Gasteiger partial charge in [0.15, 0.2) is 6.10 Å². The SMILES string of the molecule is C[C@H](NC(=O)[C@H](Cc1ccccc1)NC(=O)OCc1ccccc1)C(=O)NCC1CC(Cl)=NO1. The van der Waals surface area contributed by atoms with E-state index in [1.807, 2.05) is 60.7 Å². The summed E-state index contributed by atoms with van der Waals surface area (Å²) in [6, 6.07) is 16.7. The summed E-state index contributed by atoms with van der Waals surface area (Å²) in [4.78, 5) is 42.8. The lowest BCUT2D eigenvalue weighted by atomic mass is 10.1. The lowest BCUT2D eigenvalue weighted by Gasteiger charge is -2.21. The van der Waals surface area contributed by atoms with Crippen LogP contribution in [0.25, 0.3) is 0 Å². The first-order chi connectivity index (χ1) is 16.4. The van der Waals surface area contributed by atoms with Gasteiger partial charge in [0.1, 0.15) is 23.9 Å². The van der Waals surface area contributed by atoms with Gasteiger partial charge in [0.05, 0.1) is 6.54 Å². The molecule has 180 valence electrons. The summed E-state index contributed by atoms with van der Waals surface area (Å²) >= 11 is 5.76. The van der Waals surface area contributed by atoms with E-state index in [1.165, 1.54) is 0 Å². The highest BCUT2D eigenvalue weighted by Crippen LogP contribution is 2.12. The van der Waals surface area contributed by atoms with Crippen molar-refractivity contribution in [1.29, 1.82) is 0 Å². The van der Waals surface area contributed by atoms with Crippen LogP contribution in [-0.2, 0) is 32.2 Å². The number of alkyl carbamates (subject to hydrolysis) is 1. The Morgan fingerprint density at radius 1 is 1.03 bits per heavy atom. The second kappa shape index (κ2) is 12.6. The Balaban J connectivity index is 1.54. The Labute approximate surface area is 202 Å². The Bertz CT molecular complexity index is 1000. The average molecular weight is 487 g/mol. The van der Waals surface area contributed by atoms with E-state index >= 15 is 0 Å². The first-order valence-electron chi connectivity index (χ1n) is 10.9. The third kappa shape index (κ3) is 8.08. The fourth-order valence-corrected chi connectivity index (χ4v) is 3.43. The third-order valence-electron chi connectivity index (χ3n) is 5.06. The van der Waals surface area contributed by atoms with Crippen molar-refractivity contribution in [2.75, 3.05) is 6.54 Å². The molecule has 0 radical (unpaired) electrons. The van der Waals surface area contributed by atoms with Gasteiger partial charge < -0.3 is 25.5 Å². The Kier molecular flexibility index (Phi) is 9.28. The molecule has 3 N–H and O–H groups in total. The molecular formula is C24H27ClN4O5. The minimum absolute atomic E-state index is 0.0716. The quantitative estimate of drug-likeness (QED) is 0.477. The van der Waals surface area contributed by atoms with Crippen LogP contribution in [0.15, 0.2) is 65.8 Å². The first kappa shape index (κ1) is 25.0. The number of nitrogens with one attached hydrogen (secondary N) is 3. The molecule has 0 fully saturated rings. The molecular weight excluding hydrogens is 460 g/mol. The molecule has 1 unspecified atom stereocenters. The van der Waals surface area contributed by atoms with Gasteiger partial charge in [-0.15, -0.1) is 0 Å². The van der Waals surface area contributed by atoms with Crippen LogP contribution in [0.4, 0.5) is 4.79 Å². The zero-order valence-electron chi connectivity index (χ0n) is 18.7. The van der Waals surface area contributed by atoms with Gasteiger partial charge in [-0.25, -0.2) is 4.79 Å². The van der Waals surface area contributed by atoms with Gasteiger partial charge in [-0.2, -0.15) is 0 Å². The highest BCUT2D eigenvalue weighted by molar-refractivity contribution is 6.65. The van der Waals surface area contributed by atoms with Crippen LogP contribution in [0.1, 0.15) is 24.5 Å². The zero-order chi connectivity index (χ0) is 24.3. The molecule has 2 aromatic rings. The maximum absolute atomic E-state index is 13.0. The smallest absolute Gasteiger partial charge is 0.408 e. The average Bonchev–Trinajstić information content (AvgIpc) is 3.27. The highest BCUT2D eigenvalue weighted by atomic mass is 35.5. The summed E-state index contributed by atoms with van der Waals surface area (Å²) in [6.45, 7) is 1.83. The lowest BCUT2D eigenvalue weighted by molar-refractivity contribution is -0.129. The number of benzene rings is 2. The molecule has 1 heterocycles. The Hall–Kier alpha value is -3.59. The van der Waals surface area contributed by atoms with Crippen LogP contribution in [0, 0.1) is 0 Å². The van der Waals surface area contributed by atoms with E-state index in [-0.39, 0.29) is 25.7 Å². The van der Waals surface area contributed by atoms with Crippen LogP contribution >= 0.6 is 11.6 Å². The molecule has 3 rings (SSSR count). The van der Waals surface area contributed by atoms with Gasteiger partial charge >= 0.3 is 6.09 Å². The minimum atomic E-state index is -0.939. The molecule has 1 aliphatic rings. The van der Waals surface area contributed by atoms with Gasteiger partial charge in [0, 0.05) is 12.8 Å². The van der Waals surface area contributed by atoms with Crippen LogP contribution in [0.2, 0.25) is 0 Å². The molecule has 0 spiro atoms. The van der Waals surface area contributed by atoms with Gasteiger partial charge in [-0.05, 0) is 18.1 Å². The van der Waals surface area contributed by atoms with Crippen molar-refractivity contribution in [1.82, 2.24) is 16.0 Å². The number of hydrogen-bond donors (Lipinski definition) is 3. The van der Waals surface area contributed by atoms with Crippen LogP contribution in [0.3, 0.4) is 0 Å². The van der Waals surface area contributed by atoms with Gasteiger partial charge in [-0.3, -0.25) is 9.59 Å². The number of rotatable bonds is 10. The third-order valence-corrected chi connectivity index (χ3v) is 5.28. The number of carbonyl (C=O) groups excluding carboxylic acids is 3. The van der Waals surface area contributed by atoms with Gasteiger partial charge in [0.25, 0.3) is 0 Å². The minimum Gasteiger partial charge on any atom is -0.445 e. The molecule has 9 nitrogen and oxygen atoms in total. The van der Waals surface area contributed by atoms with Crippen LogP contribution in [-0.4, -0.2) is 47.8 Å². The zero-order valence-corrected chi connectivity index (χ0v) is 19.5. The van der Waals surface area contributed by atoms with Crippen LogP contribution in [0.5, 0.6) is 0 Å². The number of oxime groups is 1. The molecule has 1 aliphatic heterocycles. The van der Waals surface area contributed by atoms with Crippen molar-refractivity contribution in [3.8, 4) is 0 Å². The molecule has 0 aliphatic carbocycles. The monoisotopic (exact) mass is 486 g/mol. The first-order valence-corrected chi connectivity index (χ1v) is 11.3. The number of carbonyl (C=O) groups is 3. The molecule has 0 saturated heterocycles. The summed E-state index contributed by atoms with van der Waals surface area (Å²) in [5.41, 5.74) is 1.67. The second-order valence-electron chi connectivity index (χ2n) is 7.82. The largest absolute Gasteiger partial charge is 0.445 e. The predicted octanol–water partition coefficient (Wildman–Crippen LogP) is 2.49. The highest BCUT2D eigenvalue weighted by Gasteiger charge is 2.26. The Morgan fingerprint density at radius 3 is 2.29 bits per heavy atom. The summed E-state index contributed by atoms with van der Waals surface area (Å²) in [6.07, 6.45) is -0.428. The molecule has 0 saturated carbocycles. The summed E-state index contributed by atoms with van der Waals surface area (Å²) < 4.78 is 5.26.